The SMILES string of the molecule is CC[C@@](C)(NC(=O)CN1CCCOC1=O)c1ccccc1. The third-order valence-corrected chi connectivity index (χ3v) is 3.92. The number of carbonyl (C=O) groups is 2. The molecule has 1 N–H and O–H groups in total. The van der Waals surface area contributed by atoms with Crippen LogP contribution in [0.4, 0.5) is 4.79 Å². The number of rotatable bonds is 5. The number of amides is 2. The van der Waals surface area contributed by atoms with Crippen molar-refractivity contribution in [2.24, 2.45) is 0 Å². The van der Waals surface area contributed by atoms with Crippen LogP contribution in [0, 0.1) is 0 Å². The lowest BCUT2D eigenvalue weighted by atomic mass is 9.89. The summed E-state index contributed by atoms with van der Waals surface area (Å²) < 4.78 is 4.94. The molecule has 1 aliphatic rings. The Kier molecular flexibility index (Phi) is 4.83. The maximum Gasteiger partial charge on any atom is 0.410 e. The maximum absolute atomic E-state index is 12.2. The van der Waals surface area contributed by atoms with Crippen LogP contribution < -0.4 is 5.32 Å². The zero-order valence-corrected chi connectivity index (χ0v) is 12.6. The first-order valence-corrected chi connectivity index (χ1v) is 7.33. The standard InChI is InChI=1S/C16H22N2O3/c1-3-16(2,13-8-5-4-6-9-13)17-14(19)12-18-10-7-11-21-15(18)20/h4-6,8-9H,3,7,10-12H2,1-2H3,(H,17,19)/t16-/m1/s1. The molecule has 0 spiro atoms. The second-order valence-corrected chi connectivity index (χ2v) is 5.49. The molecule has 1 saturated heterocycles. The van der Waals surface area contributed by atoms with Gasteiger partial charge < -0.3 is 10.1 Å². The second kappa shape index (κ2) is 6.61. The van der Waals surface area contributed by atoms with Crippen LogP contribution in [0.3, 0.4) is 0 Å². The van der Waals surface area contributed by atoms with Gasteiger partial charge in [0.1, 0.15) is 6.54 Å². The first-order valence-electron chi connectivity index (χ1n) is 7.33. The minimum absolute atomic E-state index is 0.0429. The molecule has 1 heterocycles. The van der Waals surface area contributed by atoms with Crippen LogP contribution in [0.5, 0.6) is 0 Å². The van der Waals surface area contributed by atoms with E-state index in [2.05, 4.69) is 5.32 Å². The molecule has 5 nitrogen and oxygen atoms in total. The number of ether oxygens (including phenoxy) is 1. The Morgan fingerprint density at radius 2 is 2.10 bits per heavy atom. The van der Waals surface area contributed by atoms with Crippen LogP contribution in [0.15, 0.2) is 30.3 Å². The lowest BCUT2D eigenvalue weighted by Crippen LogP contribution is -2.49. The van der Waals surface area contributed by atoms with E-state index in [-0.39, 0.29) is 12.5 Å². The van der Waals surface area contributed by atoms with Crippen molar-refractivity contribution in [1.82, 2.24) is 10.2 Å². The number of cyclic esters (lactones) is 1. The van der Waals surface area contributed by atoms with Gasteiger partial charge in [-0.15, -0.1) is 0 Å². The average molecular weight is 290 g/mol. The summed E-state index contributed by atoms with van der Waals surface area (Å²) in [4.78, 5) is 25.2. The van der Waals surface area contributed by atoms with Crippen molar-refractivity contribution in [1.29, 1.82) is 0 Å². The zero-order valence-electron chi connectivity index (χ0n) is 12.6. The Hall–Kier alpha value is -2.04. The minimum Gasteiger partial charge on any atom is -0.449 e. The van der Waals surface area contributed by atoms with Gasteiger partial charge in [0.15, 0.2) is 0 Å². The number of nitrogens with zero attached hydrogens (tertiary/aromatic N) is 1. The Morgan fingerprint density at radius 3 is 2.71 bits per heavy atom. The molecule has 1 aromatic carbocycles. The number of hydrogen-bond acceptors (Lipinski definition) is 3. The molecule has 1 aliphatic heterocycles. The molecule has 0 aromatic heterocycles. The van der Waals surface area contributed by atoms with Gasteiger partial charge in [0.25, 0.3) is 0 Å². The van der Waals surface area contributed by atoms with Gasteiger partial charge in [-0.1, -0.05) is 37.3 Å². The van der Waals surface area contributed by atoms with Crippen LogP contribution in [0.1, 0.15) is 32.3 Å². The first-order chi connectivity index (χ1) is 10.0. The lowest BCUT2D eigenvalue weighted by molar-refractivity contribution is -0.124. The fourth-order valence-corrected chi connectivity index (χ4v) is 2.43. The van der Waals surface area contributed by atoms with E-state index in [1.165, 1.54) is 4.90 Å². The summed E-state index contributed by atoms with van der Waals surface area (Å²) in [6.07, 6.45) is 1.13. The average Bonchev–Trinajstić information content (AvgIpc) is 2.50. The van der Waals surface area contributed by atoms with Gasteiger partial charge >= 0.3 is 6.09 Å². The summed E-state index contributed by atoms with van der Waals surface area (Å²) in [5, 5.41) is 3.04. The van der Waals surface area contributed by atoms with Crippen LogP contribution in [0.2, 0.25) is 0 Å². The highest BCUT2D eigenvalue weighted by Crippen LogP contribution is 2.24. The number of hydrogen-bond donors (Lipinski definition) is 1. The topological polar surface area (TPSA) is 58.6 Å². The third kappa shape index (κ3) is 3.74. The van der Waals surface area contributed by atoms with E-state index in [1.54, 1.807) is 0 Å². The summed E-state index contributed by atoms with van der Waals surface area (Å²) >= 11 is 0. The Labute approximate surface area is 125 Å². The Bertz CT molecular complexity index is 504. The molecule has 21 heavy (non-hydrogen) atoms. The molecule has 1 aromatic rings. The molecular weight excluding hydrogens is 268 g/mol. The fraction of sp³-hybridized carbons (Fsp3) is 0.500. The van der Waals surface area contributed by atoms with Crippen LogP contribution in [0.25, 0.3) is 0 Å². The molecule has 1 atom stereocenters. The van der Waals surface area contributed by atoms with Crippen molar-refractivity contribution in [2.75, 3.05) is 19.7 Å². The normalized spacial score (nSPS) is 17.8. The molecular formula is C16H22N2O3. The van der Waals surface area contributed by atoms with E-state index >= 15 is 0 Å². The second-order valence-electron chi connectivity index (χ2n) is 5.49. The first kappa shape index (κ1) is 15.4. The lowest BCUT2D eigenvalue weighted by Gasteiger charge is -2.32. The van der Waals surface area contributed by atoms with Crippen LogP contribution in [-0.4, -0.2) is 36.6 Å². The highest BCUT2D eigenvalue weighted by molar-refractivity contribution is 5.83. The summed E-state index contributed by atoms with van der Waals surface area (Å²) in [5.41, 5.74) is 0.625. The molecule has 2 amide bonds. The molecule has 2 rings (SSSR count). The molecule has 0 radical (unpaired) electrons. The smallest absolute Gasteiger partial charge is 0.410 e. The molecule has 114 valence electrons. The van der Waals surface area contributed by atoms with Crippen molar-refractivity contribution in [3.63, 3.8) is 0 Å². The molecule has 0 saturated carbocycles. The van der Waals surface area contributed by atoms with E-state index < -0.39 is 11.6 Å². The summed E-state index contributed by atoms with van der Waals surface area (Å²) in [5.74, 6) is -0.165. The molecule has 1 fully saturated rings. The molecule has 0 bridgehead atoms. The van der Waals surface area contributed by atoms with Gasteiger partial charge in [-0.05, 0) is 25.3 Å². The highest BCUT2D eigenvalue weighted by atomic mass is 16.6. The number of carbonyl (C=O) groups excluding carboxylic acids is 2. The van der Waals surface area contributed by atoms with Gasteiger partial charge in [0.2, 0.25) is 5.91 Å². The minimum atomic E-state index is -0.433. The summed E-state index contributed by atoms with van der Waals surface area (Å²) in [6.45, 7) is 5.08. The Morgan fingerprint density at radius 1 is 1.38 bits per heavy atom. The van der Waals surface area contributed by atoms with Gasteiger partial charge in [0, 0.05) is 6.54 Å². The summed E-state index contributed by atoms with van der Waals surface area (Å²) in [7, 11) is 0. The quantitative estimate of drug-likeness (QED) is 0.905. The Balaban J connectivity index is 2.01. The van der Waals surface area contributed by atoms with E-state index in [0.717, 1.165) is 18.4 Å². The van der Waals surface area contributed by atoms with E-state index in [9.17, 15) is 9.59 Å². The van der Waals surface area contributed by atoms with Crippen LogP contribution in [-0.2, 0) is 15.1 Å². The third-order valence-electron chi connectivity index (χ3n) is 3.92. The monoisotopic (exact) mass is 290 g/mol. The molecule has 0 aliphatic carbocycles. The fourth-order valence-electron chi connectivity index (χ4n) is 2.43. The van der Waals surface area contributed by atoms with Crippen molar-refractivity contribution < 1.29 is 14.3 Å². The van der Waals surface area contributed by atoms with Crippen molar-refractivity contribution in [2.45, 2.75) is 32.2 Å². The van der Waals surface area contributed by atoms with Gasteiger partial charge in [-0.2, -0.15) is 0 Å². The predicted octanol–water partition coefficient (Wildman–Crippen LogP) is 2.27. The largest absolute Gasteiger partial charge is 0.449 e. The van der Waals surface area contributed by atoms with Crippen molar-refractivity contribution in [3.05, 3.63) is 35.9 Å². The van der Waals surface area contributed by atoms with Crippen molar-refractivity contribution >= 4 is 12.0 Å². The van der Waals surface area contributed by atoms with E-state index in [0.29, 0.717) is 13.2 Å². The van der Waals surface area contributed by atoms with Crippen molar-refractivity contribution in [3.8, 4) is 0 Å². The van der Waals surface area contributed by atoms with E-state index in [1.807, 2.05) is 44.2 Å². The predicted molar refractivity (Wildman–Crippen MR) is 79.8 cm³/mol. The number of benzene rings is 1. The molecule has 5 heteroatoms. The zero-order chi connectivity index (χ0) is 15.3. The van der Waals surface area contributed by atoms with Crippen LogP contribution >= 0.6 is 0 Å². The van der Waals surface area contributed by atoms with E-state index in [4.69, 9.17) is 4.74 Å². The summed E-state index contributed by atoms with van der Waals surface area (Å²) in [6, 6.07) is 9.86. The number of nitrogens with one attached hydrogen (secondary N) is 1. The highest BCUT2D eigenvalue weighted by Gasteiger charge is 2.28. The van der Waals surface area contributed by atoms with Gasteiger partial charge in [0.05, 0.1) is 12.1 Å². The maximum atomic E-state index is 12.2. The van der Waals surface area contributed by atoms with Gasteiger partial charge in [-0.3, -0.25) is 9.69 Å². The van der Waals surface area contributed by atoms with Gasteiger partial charge in [-0.25, -0.2) is 4.79 Å². The molecule has 0 unspecified atom stereocenters.